The number of pyridine rings is 2. The average Bonchev–Trinajstić information content (AvgIpc) is 3.34. The molecule has 0 amide bonds. The zero-order chi connectivity index (χ0) is 44.4. The molecule has 4 aromatic carbocycles. The van der Waals surface area contributed by atoms with Crippen molar-refractivity contribution in [3.63, 3.8) is 0 Å². The van der Waals surface area contributed by atoms with E-state index in [0.717, 1.165) is 27.0 Å². The monoisotopic (exact) mass is 1010 g/mol. The summed E-state index contributed by atoms with van der Waals surface area (Å²) in [6.07, 6.45) is 12.0. The molecule has 0 bridgehead atoms. The third-order valence-electron chi connectivity index (χ3n) is 10.5. The van der Waals surface area contributed by atoms with Crippen LogP contribution < -0.4 is 13.1 Å². The van der Waals surface area contributed by atoms with Crippen molar-refractivity contribution in [3.05, 3.63) is 173 Å². The first kappa shape index (κ1) is 49.7. The minimum Gasteiger partial charge on any atom is -0.473 e. The van der Waals surface area contributed by atoms with E-state index >= 15 is 0 Å². The fraction of sp³-hybridized carbons (Fsp3) is 0.308. The fourth-order valence-electron chi connectivity index (χ4n) is 6.85. The first-order chi connectivity index (χ1) is 30.2. The molecule has 6 aromatic rings. The van der Waals surface area contributed by atoms with Crippen LogP contribution in [0.3, 0.4) is 0 Å². The molecule has 0 N–H and O–H groups in total. The van der Waals surface area contributed by atoms with Gasteiger partial charge < -0.3 is 14.2 Å². The topological polar surface area (TPSA) is 96.8 Å². The summed E-state index contributed by atoms with van der Waals surface area (Å²) in [4.78, 5) is 31.4. The average molecular weight is 1010 g/mol. The van der Waals surface area contributed by atoms with Gasteiger partial charge >= 0.3 is 183 Å². The summed E-state index contributed by atoms with van der Waals surface area (Å²) in [5.41, 5.74) is 5.31. The second kappa shape index (κ2) is 27.8. The van der Waals surface area contributed by atoms with Crippen molar-refractivity contribution in [2.45, 2.75) is 85.8 Å². The molecular formula is C52H61BrN2O6Sn. The Kier molecular flexibility index (Phi) is 22.3. The van der Waals surface area contributed by atoms with Gasteiger partial charge in [-0.1, -0.05) is 58.4 Å². The Morgan fingerprint density at radius 1 is 0.516 bits per heavy atom. The molecule has 0 spiro atoms. The minimum absolute atomic E-state index is 0.308. The minimum atomic E-state index is -2.36. The molecule has 0 saturated heterocycles. The van der Waals surface area contributed by atoms with Crippen molar-refractivity contribution < 1.29 is 28.5 Å². The van der Waals surface area contributed by atoms with Crippen LogP contribution in [0.1, 0.15) is 91.1 Å². The number of methoxy groups -OCH3 is 2. The molecule has 62 heavy (non-hydrogen) atoms. The van der Waals surface area contributed by atoms with Crippen LogP contribution in [0.5, 0.6) is 11.8 Å². The summed E-state index contributed by atoms with van der Waals surface area (Å²) in [7, 11) is 2.73. The van der Waals surface area contributed by atoms with Crippen LogP contribution in [-0.4, -0.2) is 54.5 Å². The van der Waals surface area contributed by atoms with Crippen molar-refractivity contribution in [3.8, 4) is 22.9 Å². The fourth-order valence-corrected chi connectivity index (χ4v) is 22.8. The number of unbranched alkanes of at least 4 members (excludes halogenated alkanes) is 3. The van der Waals surface area contributed by atoms with E-state index in [0.29, 0.717) is 30.2 Å². The van der Waals surface area contributed by atoms with Crippen molar-refractivity contribution in [2.24, 2.45) is 0 Å². The molecule has 0 fully saturated rings. The van der Waals surface area contributed by atoms with Crippen LogP contribution in [0, 0.1) is 0 Å². The van der Waals surface area contributed by atoms with E-state index in [1.54, 1.807) is 46.2 Å². The van der Waals surface area contributed by atoms with Gasteiger partial charge in [0, 0.05) is 22.3 Å². The second-order valence-electron chi connectivity index (χ2n) is 15.0. The molecule has 0 aliphatic rings. The van der Waals surface area contributed by atoms with Crippen molar-refractivity contribution in [2.75, 3.05) is 14.2 Å². The predicted octanol–water partition coefficient (Wildman–Crippen LogP) is 13.1. The van der Waals surface area contributed by atoms with E-state index in [4.69, 9.17) is 19.2 Å². The number of carbonyl (C=O) groups is 2. The standard InChI is InChI=1S/C20H17NO3.C12H10NO.C8H7BrO2.3C4H9.Sn/c1-23-20(22)17-9-7-16(8-10-17)18-11-12-19(21-13-18)24-14-15-5-3-2-4-6-15;1-2-6-11(7-3-1)10-14-12-8-4-5-9-13-12;1-11-8(10)6-2-4-7(9)5-3-6;3*1-3-4-2;/h2-13H,14H2,1H3;1-4,6-9H,10H2;2-5H,1H3;3*1,3-4H2,2H3;. The van der Waals surface area contributed by atoms with Crippen LogP contribution in [0.15, 0.2) is 150 Å². The molecule has 0 aliphatic carbocycles. The number of hydrogen-bond donors (Lipinski definition) is 0. The van der Waals surface area contributed by atoms with Gasteiger partial charge in [-0.05, 0) is 53.6 Å². The van der Waals surface area contributed by atoms with E-state index in [2.05, 4.69) is 76.9 Å². The normalized spacial score (nSPS) is 10.6. The molecular weight excluding hydrogens is 947 g/mol. The zero-order valence-electron chi connectivity index (χ0n) is 36.9. The van der Waals surface area contributed by atoms with Crippen LogP contribution in [0.4, 0.5) is 0 Å². The second-order valence-corrected chi connectivity index (χ2v) is 29.1. The maximum Gasteiger partial charge on any atom is 0.337 e. The first-order valence-electron chi connectivity index (χ1n) is 21.5. The summed E-state index contributed by atoms with van der Waals surface area (Å²) < 4.78 is 27.8. The van der Waals surface area contributed by atoms with Crippen molar-refractivity contribution in [1.29, 1.82) is 0 Å². The molecule has 2 aromatic heterocycles. The van der Waals surface area contributed by atoms with Gasteiger partial charge in [0.25, 0.3) is 0 Å². The van der Waals surface area contributed by atoms with Gasteiger partial charge in [0.1, 0.15) is 6.61 Å². The maximum absolute atomic E-state index is 11.4. The number of carbonyl (C=O) groups excluding carboxylic acids is 2. The van der Waals surface area contributed by atoms with Gasteiger partial charge in [-0.3, -0.25) is 0 Å². The molecule has 326 valence electrons. The molecule has 0 atom stereocenters. The molecule has 8 nitrogen and oxygen atoms in total. The largest absolute Gasteiger partial charge is 0.473 e. The third-order valence-corrected chi connectivity index (χ3v) is 26.6. The van der Waals surface area contributed by atoms with Crippen LogP contribution in [0.2, 0.25) is 13.3 Å². The molecule has 6 rings (SSSR count). The quantitative estimate of drug-likeness (QED) is 0.0585. The number of aromatic nitrogens is 2. The number of benzene rings is 4. The maximum atomic E-state index is 11.4. The number of ether oxygens (including phenoxy) is 4. The summed E-state index contributed by atoms with van der Waals surface area (Å²) in [5, 5.41) is 0. The summed E-state index contributed by atoms with van der Waals surface area (Å²) in [5.74, 6) is 0.680. The Labute approximate surface area is 381 Å². The Morgan fingerprint density at radius 2 is 0.935 bits per heavy atom. The van der Waals surface area contributed by atoms with E-state index in [-0.39, 0.29) is 11.9 Å². The summed E-state index contributed by atoms with van der Waals surface area (Å²) >= 11 is 0.907. The van der Waals surface area contributed by atoms with Gasteiger partial charge in [0.05, 0.1) is 25.3 Å². The predicted molar refractivity (Wildman–Crippen MR) is 257 cm³/mol. The van der Waals surface area contributed by atoms with E-state index < -0.39 is 18.4 Å². The zero-order valence-corrected chi connectivity index (χ0v) is 41.3. The molecule has 0 saturated carbocycles. The Hall–Kier alpha value is -5.00. The van der Waals surface area contributed by atoms with Crippen LogP contribution >= 0.6 is 15.9 Å². The van der Waals surface area contributed by atoms with E-state index in [1.165, 1.54) is 71.6 Å². The van der Waals surface area contributed by atoms with E-state index in [1.807, 2.05) is 72.8 Å². The summed E-state index contributed by atoms with van der Waals surface area (Å²) in [6, 6.07) is 42.8. The van der Waals surface area contributed by atoms with Gasteiger partial charge in [-0.25, -0.2) is 14.6 Å². The smallest absolute Gasteiger partial charge is 0.337 e. The first-order valence-corrected chi connectivity index (χ1v) is 29.8. The molecule has 0 radical (unpaired) electrons. The van der Waals surface area contributed by atoms with Gasteiger partial charge in [0.15, 0.2) is 0 Å². The van der Waals surface area contributed by atoms with Crippen molar-refractivity contribution >= 4 is 49.8 Å². The molecule has 2 heterocycles. The van der Waals surface area contributed by atoms with Gasteiger partial charge in [-0.2, -0.15) is 0 Å². The molecule has 10 heteroatoms. The Morgan fingerprint density at radius 3 is 1.32 bits per heavy atom. The SMILES string of the molecule is CCC[CH2][Sn]([CH2]CCC)([CH2]CCC)[c]1ccc(OCc2ccccc2)nc1.COC(=O)c1ccc(-c2ccc(OCc3ccccc3)nc2)cc1.COC(=O)c1ccc(Br)cc1. The number of rotatable bonds is 19. The molecule has 0 unspecified atom stereocenters. The van der Waals surface area contributed by atoms with E-state index in [9.17, 15) is 9.59 Å². The third kappa shape index (κ3) is 16.7. The number of hydrogen-bond acceptors (Lipinski definition) is 8. The Balaban J connectivity index is 0.000000221. The van der Waals surface area contributed by atoms with Gasteiger partial charge in [0.2, 0.25) is 5.88 Å². The number of halogens is 1. The summed E-state index contributed by atoms with van der Waals surface area (Å²) in [6.45, 7) is 8.06. The molecule has 0 aliphatic heterocycles. The van der Waals surface area contributed by atoms with Crippen LogP contribution in [0.25, 0.3) is 11.1 Å². The van der Waals surface area contributed by atoms with Crippen molar-refractivity contribution in [1.82, 2.24) is 9.97 Å². The van der Waals surface area contributed by atoms with Gasteiger partial charge in [-0.15, -0.1) is 0 Å². The number of nitrogens with zero attached hydrogens (tertiary/aromatic N) is 2. The Bertz CT molecular complexity index is 2130. The number of esters is 2. The van der Waals surface area contributed by atoms with Crippen LogP contribution in [-0.2, 0) is 22.7 Å².